The molecular weight excluding hydrogens is 186 g/mol. The fourth-order valence-corrected chi connectivity index (χ4v) is 0.723. The highest BCUT2D eigenvalue weighted by molar-refractivity contribution is 5.60. The van der Waals surface area contributed by atoms with Crippen molar-refractivity contribution in [3.05, 3.63) is 42.5 Å². The highest BCUT2D eigenvalue weighted by atomic mass is 16.1. The number of nitrogens with one attached hydrogen (secondary N) is 1. The lowest BCUT2D eigenvalue weighted by Gasteiger charge is -1.94. The molecular formula is C13H19NO. The van der Waals surface area contributed by atoms with Gasteiger partial charge in [0.25, 0.3) is 0 Å². The Balaban J connectivity index is 0. The molecule has 0 aromatic heterocycles. The van der Waals surface area contributed by atoms with E-state index in [0.717, 1.165) is 11.7 Å². The van der Waals surface area contributed by atoms with Crippen LogP contribution in [-0.2, 0) is 4.79 Å². The van der Waals surface area contributed by atoms with Crippen LogP contribution in [0.2, 0.25) is 0 Å². The summed E-state index contributed by atoms with van der Waals surface area (Å²) in [6, 6.07) is 10.2. The topological polar surface area (TPSA) is 40.9 Å². The maximum atomic E-state index is 8.35. The zero-order chi connectivity index (χ0) is 12.1. The van der Waals surface area contributed by atoms with Crippen LogP contribution in [0.4, 0.5) is 0 Å². The Morgan fingerprint density at radius 2 is 1.67 bits per heavy atom. The van der Waals surface area contributed by atoms with Crippen LogP contribution in [0.15, 0.2) is 36.9 Å². The van der Waals surface area contributed by atoms with Crippen molar-refractivity contribution in [1.29, 1.82) is 5.41 Å². The first-order valence-corrected chi connectivity index (χ1v) is 4.88. The van der Waals surface area contributed by atoms with Crippen LogP contribution in [0.3, 0.4) is 0 Å². The summed E-state index contributed by atoms with van der Waals surface area (Å²) in [7, 11) is 0. The molecule has 0 heterocycles. The van der Waals surface area contributed by atoms with Gasteiger partial charge in [-0.1, -0.05) is 62.8 Å². The zero-order valence-corrected chi connectivity index (χ0v) is 9.71. The smallest absolute Gasteiger partial charge is 0.222 e. The molecule has 0 aliphatic rings. The van der Waals surface area contributed by atoms with Gasteiger partial charge in [0, 0.05) is 0 Å². The lowest BCUT2D eigenvalue weighted by atomic mass is 10.1. The van der Waals surface area contributed by atoms with Gasteiger partial charge in [-0.15, -0.1) is 0 Å². The average molecular weight is 205 g/mol. The molecule has 0 spiro atoms. The SMILES string of the molecule is C=C(C)c1ccccc1.CCC.N=C=O. The van der Waals surface area contributed by atoms with Crippen LogP contribution in [0.5, 0.6) is 0 Å². The minimum absolute atomic E-state index is 0.750. The van der Waals surface area contributed by atoms with Gasteiger partial charge in [0.1, 0.15) is 0 Å². The molecule has 2 nitrogen and oxygen atoms in total. The highest BCUT2D eigenvalue weighted by Gasteiger charge is 1.86. The van der Waals surface area contributed by atoms with Gasteiger partial charge in [-0.25, -0.2) is 10.2 Å². The summed E-state index contributed by atoms with van der Waals surface area (Å²) in [5.41, 5.74) is 2.34. The van der Waals surface area contributed by atoms with Gasteiger partial charge < -0.3 is 0 Å². The van der Waals surface area contributed by atoms with Crippen LogP contribution in [0.25, 0.3) is 5.57 Å². The van der Waals surface area contributed by atoms with Gasteiger partial charge in [-0.2, -0.15) is 0 Å². The van der Waals surface area contributed by atoms with Gasteiger partial charge in [0.15, 0.2) is 0 Å². The van der Waals surface area contributed by atoms with Gasteiger partial charge in [0.2, 0.25) is 6.08 Å². The number of allylic oxidation sites excluding steroid dienone is 1. The third-order valence-corrected chi connectivity index (χ3v) is 1.27. The standard InChI is InChI=1S/C9H10.C3H8.CHNO/c1-8(2)9-6-4-3-5-7-9;1-3-2;2-1-3/h3-7H,1H2,2H3;3H2,1-2H3;2H. The summed E-state index contributed by atoms with van der Waals surface area (Å²) in [6.07, 6.45) is 2.00. The summed E-state index contributed by atoms with van der Waals surface area (Å²) in [5.74, 6) is 0. The van der Waals surface area contributed by atoms with E-state index in [0.29, 0.717) is 0 Å². The molecule has 0 aliphatic carbocycles. The molecule has 2 heteroatoms. The second-order valence-corrected chi connectivity index (χ2v) is 2.96. The maximum absolute atomic E-state index is 8.35. The molecule has 1 rings (SSSR count). The Morgan fingerprint density at radius 1 is 1.33 bits per heavy atom. The molecule has 1 N–H and O–H groups in total. The largest absolute Gasteiger partial charge is 0.231 e. The van der Waals surface area contributed by atoms with Crippen molar-refractivity contribution in [2.45, 2.75) is 27.2 Å². The van der Waals surface area contributed by atoms with Crippen LogP contribution in [0.1, 0.15) is 32.8 Å². The highest BCUT2D eigenvalue weighted by Crippen LogP contribution is 2.08. The van der Waals surface area contributed by atoms with E-state index in [2.05, 4.69) is 32.6 Å². The average Bonchev–Trinajstić information content (AvgIpc) is 2.21. The Kier molecular flexibility index (Phi) is 13.0. The van der Waals surface area contributed by atoms with Crippen molar-refractivity contribution in [2.75, 3.05) is 0 Å². The fraction of sp³-hybridized carbons (Fsp3) is 0.308. The van der Waals surface area contributed by atoms with E-state index in [1.54, 1.807) is 0 Å². The molecule has 0 fully saturated rings. The molecule has 0 amide bonds. The van der Waals surface area contributed by atoms with E-state index < -0.39 is 0 Å². The Morgan fingerprint density at radius 3 is 1.87 bits per heavy atom. The van der Waals surface area contributed by atoms with E-state index in [1.807, 2.05) is 25.1 Å². The van der Waals surface area contributed by atoms with Crippen LogP contribution in [-0.4, -0.2) is 6.08 Å². The van der Waals surface area contributed by atoms with Crippen molar-refractivity contribution in [2.24, 2.45) is 0 Å². The summed E-state index contributed by atoms with van der Waals surface area (Å²) >= 11 is 0. The molecule has 0 unspecified atom stereocenters. The molecule has 0 saturated heterocycles. The number of carbonyl (C=O) groups excluding carboxylic acids is 1. The van der Waals surface area contributed by atoms with E-state index in [1.165, 1.54) is 12.0 Å². The zero-order valence-electron chi connectivity index (χ0n) is 9.71. The quantitative estimate of drug-likeness (QED) is 0.545. The predicted octanol–water partition coefficient (Wildman–Crippen LogP) is 4.04. The molecule has 0 bridgehead atoms. The van der Waals surface area contributed by atoms with Crippen molar-refractivity contribution >= 4 is 11.7 Å². The molecule has 15 heavy (non-hydrogen) atoms. The number of rotatable bonds is 1. The number of hydrogen-bond acceptors (Lipinski definition) is 2. The van der Waals surface area contributed by atoms with Gasteiger partial charge >= 0.3 is 0 Å². The first-order chi connectivity index (χ1) is 7.13. The lowest BCUT2D eigenvalue weighted by molar-refractivity contribution is 0.563. The fourth-order valence-electron chi connectivity index (χ4n) is 0.723. The van der Waals surface area contributed by atoms with E-state index in [9.17, 15) is 0 Å². The Hall–Kier alpha value is -1.66. The molecule has 82 valence electrons. The van der Waals surface area contributed by atoms with Gasteiger partial charge in [-0.3, -0.25) is 0 Å². The number of isocyanates is 1. The summed E-state index contributed by atoms with van der Waals surface area (Å²) in [5, 5.41) is 5.40. The second-order valence-electron chi connectivity index (χ2n) is 2.96. The molecule has 1 aromatic carbocycles. The summed E-state index contributed by atoms with van der Waals surface area (Å²) < 4.78 is 0. The first kappa shape index (κ1) is 15.8. The van der Waals surface area contributed by atoms with Crippen molar-refractivity contribution < 1.29 is 4.79 Å². The third-order valence-electron chi connectivity index (χ3n) is 1.27. The van der Waals surface area contributed by atoms with Gasteiger partial charge in [-0.05, 0) is 12.5 Å². The maximum Gasteiger partial charge on any atom is 0.231 e. The van der Waals surface area contributed by atoms with Crippen molar-refractivity contribution in [3.8, 4) is 0 Å². The Labute approximate surface area is 92.2 Å². The third kappa shape index (κ3) is 12.3. The molecule has 0 atom stereocenters. The first-order valence-electron chi connectivity index (χ1n) is 4.88. The minimum atomic E-state index is 0.750. The number of hydrogen-bond donors (Lipinski definition) is 1. The van der Waals surface area contributed by atoms with E-state index >= 15 is 0 Å². The second kappa shape index (κ2) is 12.3. The Bertz CT molecular complexity index is 285. The summed E-state index contributed by atoms with van der Waals surface area (Å²) in [6.45, 7) is 10.1. The van der Waals surface area contributed by atoms with Crippen LogP contribution >= 0.6 is 0 Å². The minimum Gasteiger partial charge on any atom is -0.222 e. The number of benzene rings is 1. The van der Waals surface area contributed by atoms with E-state index in [-0.39, 0.29) is 0 Å². The molecule has 0 radical (unpaired) electrons. The van der Waals surface area contributed by atoms with Crippen LogP contribution < -0.4 is 0 Å². The van der Waals surface area contributed by atoms with Gasteiger partial charge in [0.05, 0.1) is 0 Å². The van der Waals surface area contributed by atoms with E-state index in [4.69, 9.17) is 10.2 Å². The van der Waals surface area contributed by atoms with Crippen molar-refractivity contribution in [3.63, 3.8) is 0 Å². The van der Waals surface area contributed by atoms with Crippen molar-refractivity contribution in [1.82, 2.24) is 0 Å². The molecule has 1 aromatic rings. The lowest BCUT2D eigenvalue weighted by Crippen LogP contribution is -1.72. The molecule has 0 aliphatic heterocycles. The normalized spacial score (nSPS) is 7.13. The monoisotopic (exact) mass is 205 g/mol. The van der Waals surface area contributed by atoms with Crippen LogP contribution in [0, 0.1) is 5.41 Å². The molecule has 0 saturated carbocycles. The predicted molar refractivity (Wildman–Crippen MR) is 65.5 cm³/mol. The summed E-state index contributed by atoms with van der Waals surface area (Å²) in [4.78, 5) is 8.35.